The molecule has 2 atom stereocenters. The van der Waals surface area contributed by atoms with E-state index in [1.54, 1.807) is 23.2 Å². The quantitative estimate of drug-likeness (QED) is 0.452. The van der Waals surface area contributed by atoms with E-state index >= 15 is 4.39 Å². The molecule has 7 nitrogen and oxygen atoms in total. The summed E-state index contributed by atoms with van der Waals surface area (Å²) in [5, 5.41) is 0.894. The van der Waals surface area contributed by atoms with Gasteiger partial charge >= 0.3 is 0 Å². The lowest BCUT2D eigenvalue weighted by Crippen LogP contribution is -2.34. The number of amides is 1. The maximum atomic E-state index is 15.1. The Morgan fingerprint density at radius 3 is 2.37 bits per heavy atom. The van der Waals surface area contributed by atoms with Crippen LogP contribution in [0.1, 0.15) is 21.7 Å². The van der Waals surface area contributed by atoms with Gasteiger partial charge in [0.25, 0.3) is 5.91 Å². The first kappa shape index (κ1) is 21.6. The van der Waals surface area contributed by atoms with Crippen LogP contribution in [0.3, 0.4) is 0 Å². The van der Waals surface area contributed by atoms with Crippen LogP contribution in [0.15, 0.2) is 54.7 Å². The Hall–Kier alpha value is -3.94. The zero-order valence-electron chi connectivity index (χ0n) is 19.6. The number of benzene rings is 2. The van der Waals surface area contributed by atoms with E-state index in [0.29, 0.717) is 36.3 Å². The second-order valence-electron chi connectivity index (χ2n) is 9.50. The topological polar surface area (TPSA) is 75.1 Å². The van der Waals surface area contributed by atoms with Gasteiger partial charge < -0.3 is 9.80 Å². The van der Waals surface area contributed by atoms with Crippen molar-refractivity contribution < 1.29 is 9.18 Å². The molecule has 0 spiro atoms. The van der Waals surface area contributed by atoms with E-state index in [9.17, 15) is 4.79 Å². The number of carbonyl (C=O) groups is 1. The van der Waals surface area contributed by atoms with E-state index in [1.807, 2.05) is 44.2 Å². The highest BCUT2D eigenvalue weighted by molar-refractivity contribution is 6.01. The summed E-state index contributed by atoms with van der Waals surface area (Å²) >= 11 is 0. The number of halogens is 1. The van der Waals surface area contributed by atoms with Crippen LogP contribution in [0.4, 0.5) is 10.3 Å². The Kier molecular flexibility index (Phi) is 5.16. The number of likely N-dealkylation sites (tertiary alicyclic amines) is 1. The molecule has 0 unspecified atom stereocenters. The number of hydrogen-bond acceptors (Lipinski definition) is 6. The van der Waals surface area contributed by atoms with Crippen LogP contribution in [0.25, 0.3) is 22.3 Å². The van der Waals surface area contributed by atoms with Crippen LogP contribution < -0.4 is 4.90 Å². The molecule has 176 valence electrons. The SMILES string of the molecule is Cc1cc(C)nc(N2C[C@H]3CN(C(=O)c4c(F)cccc4-c4ncc5ccccc5n4)C[C@H]3C2)n1. The third kappa shape index (κ3) is 3.88. The minimum absolute atomic E-state index is 0.0391. The summed E-state index contributed by atoms with van der Waals surface area (Å²) in [7, 11) is 0. The first-order valence-electron chi connectivity index (χ1n) is 11.8. The predicted octanol–water partition coefficient (Wildman–Crippen LogP) is 4.05. The fourth-order valence-corrected chi connectivity index (χ4v) is 5.36. The van der Waals surface area contributed by atoms with Crippen molar-refractivity contribution in [3.05, 3.63) is 77.5 Å². The molecule has 2 aliphatic rings. The first-order chi connectivity index (χ1) is 17.0. The second kappa shape index (κ2) is 8.37. The van der Waals surface area contributed by atoms with Gasteiger partial charge in [-0.25, -0.2) is 24.3 Å². The Morgan fingerprint density at radius 2 is 1.63 bits per heavy atom. The van der Waals surface area contributed by atoms with E-state index in [0.717, 1.165) is 41.3 Å². The number of aryl methyl sites for hydroxylation is 2. The Morgan fingerprint density at radius 1 is 0.914 bits per heavy atom. The Bertz CT molecular complexity index is 1420. The molecule has 35 heavy (non-hydrogen) atoms. The molecule has 4 aromatic rings. The molecule has 0 N–H and O–H groups in total. The number of carbonyl (C=O) groups excluding carboxylic acids is 1. The molecule has 4 heterocycles. The molecule has 1 amide bonds. The van der Waals surface area contributed by atoms with E-state index in [1.165, 1.54) is 6.07 Å². The average Bonchev–Trinajstić information content (AvgIpc) is 3.42. The lowest BCUT2D eigenvalue weighted by Gasteiger charge is -2.23. The molecule has 6 rings (SSSR count). The largest absolute Gasteiger partial charge is 0.340 e. The summed E-state index contributed by atoms with van der Waals surface area (Å²) in [6, 6.07) is 14.2. The van der Waals surface area contributed by atoms with Gasteiger partial charge in [0.15, 0.2) is 5.82 Å². The van der Waals surface area contributed by atoms with Gasteiger partial charge in [0, 0.05) is 66.5 Å². The summed E-state index contributed by atoms with van der Waals surface area (Å²) in [6.45, 7) is 6.68. The van der Waals surface area contributed by atoms with Gasteiger partial charge in [-0.3, -0.25) is 4.79 Å². The van der Waals surface area contributed by atoms with Crippen molar-refractivity contribution in [2.24, 2.45) is 11.8 Å². The lowest BCUT2D eigenvalue weighted by molar-refractivity contribution is 0.0778. The number of nitrogens with zero attached hydrogens (tertiary/aromatic N) is 6. The molecule has 2 fully saturated rings. The third-order valence-electron chi connectivity index (χ3n) is 6.98. The molecule has 8 heteroatoms. The Balaban J connectivity index is 1.25. The number of anilines is 1. The second-order valence-corrected chi connectivity index (χ2v) is 9.50. The highest BCUT2D eigenvalue weighted by Gasteiger charge is 2.43. The van der Waals surface area contributed by atoms with Crippen molar-refractivity contribution in [3.63, 3.8) is 0 Å². The molecule has 2 aliphatic heterocycles. The van der Waals surface area contributed by atoms with Crippen LogP contribution >= 0.6 is 0 Å². The molecule has 0 aliphatic carbocycles. The summed E-state index contributed by atoms with van der Waals surface area (Å²) in [4.78, 5) is 35.8. The van der Waals surface area contributed by atoms with Gasteiger partial charge in [0.05, 0.1) is 11.1 Å². The van der Waals surface area contributed by atoms with Crippen molar-refractivity contribution >= 4 is 22.8 Å². The highest BCUT2D eigenvalue weighted by atomic mass is 19.1. The van der Waals surface area contributed by atoms with Crippen molar-refractivity contribution in [1.29, 1.82) is 0 Å². The minimum atomic E-state index is -0.549. The van der Waals surface area contributed by atoms with Gasteiger partial charge in [-0.05, 0) is 32.0 Å². The number of aromatic nitrogens is 4. The maximum Gasteiger partial charge on any atom is 0.257 e. The Labute approximate surface area is 202 Å². The fourth-order valence-electron chi connectivity index (χ4n) is 5.36. The maximum absolute atomic E-state index is 15.1. The average molecular weight is 469 g/mol. The third-order valence-corrected chi connectivity index (χ3v) is 6.98. The molecular weight excluding hydrogens is 443 g/mol. The van der Waals surface area contributed by atoms with Crippen LogP contribution in [-0.4, -0.2) is 56.9 Å². The van der Waals surface area contributed by atoms with Crippen LogP contribution in [-0.2, 0) is 0 Å². The normalized spacial score (nSPS) is 19.4. The van der Waals surface area contributed by atoms with Crippen molar-refractivity contribution in [1.82, 2.24) is 24.8 Å². The number of para-hydroxylation sites is 1. The van der Waals surface area contributed by atoms with Crippen molar-refractivity contribution in [2.75, 3.05) is 31.1 Å². The summed E-state index contributed by atoms with van der Waals surface area (Å²) in [6.07, 6.45) is 1.71. The molecule has 0 radical (unpaired) electrons. The summed E-state index contributed by atoms with van der Waals surface area (Å²) in [5.74, 6) is 0.847. The van der Waals surface area contributed by atoms with Gasteiger partial charge in [-0.15, -0.1) is 0 Å². The van der Waals surface area contributed by atoms with Crippen molar-refractivity contribution in [2.45, 2.75) is 13.8 Å². The molecule has 0 saturated carbocycles. The van der Waals surface area contributed by atoms with Gasteiger partial charge in [0.1, 0.15) is 5.82 Å². The fraction of sp³-hybridized carbons (Fsp3) is 0.296. The predicted molar refractivity (Wildman–Crippen MR) is 132 cm³/mol. The molecule has 2 saturated heterocycles. The summed E-state index contributed by atoms with van der Waals surface area (Å²) < 4.78 is 15.1. The van der Waals surface area contributed by atoms with E-state index in [2.05, 4.69) is 24.8 Å². The molecule has 2 aromatic carbocycles. The van der Waals surface area contributed by atoms with Crippen LogP contribution in [0.2, 0.25) is 0 Å². The lowest BCUT2D eigenvalue weighted by atomic mass is 10.0. The monoisotopic (exact) mass is 468 g/mol. The summed E-state index contributed by atoms with van der Waals surface area (Å²) in [5.41, 5.74) is 3.11. The highest BCUT2D eigenvalue weighted by Crippen LogP contribution is 2.35. The molecule has 0 bridgehead atoms. The number of hydrogen-bond donors (Lipinski definition) is 0. The van der Waals surface area contributed by atoms with Crippen molar-refractivity contribution in [3.8, 4) is 11.4 Å². The smallest absolute Gasteiger partial charge is 0.257 e. The minimum Gasteiger partial charge on any atom is -0.340 e. The number of fused-ring (bicyclic) bond motifs is 2. The zero-order valence-corrected chi connectivity index (χ0v) is 19.6. The first-order valence-corrected chi connectivity index (χ1v) is 11.8. The van der Waals surface area contributed by atoms with E-state index < -0.39 is 5.82 Å². The molecule has 2 aromatic heterocycles. The van der Waals surface area contributed by atoms with E-state index in [4.69, 9.17) is 0 Å². The van der Waals surface area contributed by atoms with Crippen LogP contribution in [0, 0.1) is 31.5 Å². The number of rotatable bonds is 3. The molecular formula is C27H25FN6O. The zero-order chi connectivity index (χ0) is 24.1. The van der Waals surface area contributed by atoms with Gasteiger partial charge in [0.2, 0.25) is 5.95 Å². The van der Waals surface area contributed by atoms with Gasteiger partial charge in [-0.1, -0.05) is 30.3 Å². The van der Waals surface area contributed by atoms with Gasteiger partial charge in [-0.2, -0.15) is 0 Å². The standard InChI is InChI=1S/C27H25FN6O/c1-16-10-17(2)31-27(30-16)34-14-19-12-33(13-20(19)15-34)26(35)24-21(7-5-8-22(24)28)25-29-11-18-6-3-4-9-23(18)32-25/h3-11,19-20H,12-15H2,1-2H3/t19-,20+. The van der Waals surface area contributed by atoms with E-state index in [-0.39, 0.29) is 11.5 Å². The van der Waals surface area contributed by atoms with Crippen LogP contribution in [0.5, 0.6) is 0 Å².